The molecule has 1 saturated heterocycles. The van der Waals surface area contributed by atoms with Crippen LogP contribution in [0.15, 0.2) is 88.9 Å². The number of barbiturate groups is 1. The summed E-state index contributed by atoms with van der Waals surface area (Å²) in [6.07, 6.45) is 1.40. The summed E-state index contributed by atoms with van der Waals surface area (Å²) in [6, 6.07) is 22.9. The molecule has 0 radical (unpaired) electrons. The fourth-order valence-electron chi connectivity index (χ4n) is 4.88. The molecule has 9 nitrogen and oxygen atoms in total. The number of nitrogens with one attached hydrogen (secondary N) is 1. The van der Waals surface area contributed by atoms with Crippen molar-refractivity contribution in [2.24, 2.45) is 0 Å². The van der Waals surface area contributed by atoms with E-state index in [9.17, 15) is 14.4 Å². The summed E-state index contributed by atoms with van der Waals surface area (Å²) in [7, 11) is 0. The predicted octanol–water partition coefficient (Wildman–Crippen LogP) is 8.03. The topological polar surface area (TPSA) is 103 Å². The molecule has 1 aliphatic rings. The van der Waals surface area contributed by atoms with E-state index in [2.05, 4.69) is 21.2 Å². The molecule has 242 valence electrons. The van der Waals surface area contributed by atoms with Gasteiger partial charge in [0.25, 0.3) is 11.8 Å². The monoisotopic (exact) mass is 718 g/mol. The van der Waals surface area contributed by atoms with Gasteiger partial charge >= 0.3 is 6.03 Å². The van der Waals surface area contributed by atoms with Crippen LogP contribution in [0.3, 0.4) is 0 Å². The zero-order valence-electron chi connectivity index (χ0n) is 26.0. The lowest BCUT2D eigenvalue weighted by molar-refractivity contribution is -0.122. The molecule has 0 atom stereocenters. The van der Waals surface area contributed by atoms with Crippen molar-refractivity contribution >= 4 is 57.1 Å². The van der Waals surface area contributed by atoms with Crippen molar-refractivity contribution in [2.75, 3.05) is 18.1 Å². The van der Waals surface area contributed by atoms with Crippen molar-refractivity contribution in [3.05, 3.63) is 116 Å². The van der Waals surface area contributed by atoms with Gasteiger partial charge in [0.15, 0.2) is 23.0 Å². The first-order chi connectivity index (χ1) is 22.7. The first kappa shape index (κ1) is 33.6. The average molecular weight is 720 g/mol. The number of urea groups is 1. The Balaban J connectivity index is 1.38. The molecule has 0 aliphatic carbocycles. The Morgan fingerprint density at radius 3 is 2.26 bits per heavy atom. The molecule has 4 amide bonds. The van der Waals surface area contributed by atoms with E-state index >= 15 is 0 Å². The molecule has 4 aromatic rings. The van der Waals surface area contributed by atoms with E-state index in [1.54, 1.807) is 37.3 Å². The number of hydrogen-bond acceptors (Lipinski definition) is 7. The maximum atomic E-state index is 13.5. The molecule has 0 spiro atoms. The molecule has 4 aromatic carbocycles. The number of ether oxygens (including phenoxy) is 4. The highest BCUT2D eigenvalue weighted by Crippen LogP contribution is 2.39. The summed E-state index contributed by atoms with van der Waals surface area (Å²) >= 11 is 9.80. The van der Waals surface area contributed by atoms with E-state index in [0.29, 0.717) is 63.4 Å². The van der Waals surface area contributed by atoms with E-state index < -0.39 is 17.8 Å². The third kappa shape index (κ3) is 7.78. The summed E-state index contributed by atoms with van der Waals surface area (Å²) in [5, 5.41) is 2.62. The van der Waals surface area contributed by atoms with Gasteiger partial charge in [0.2, 0.25) is 0 Å². The quantitative estimate of drug-likeness (QED) is 0.117. The van der Waals surface area contributed by atoms with Crippen LogP contribution in [-0.4, -0.2) is 31.1 Å². The van der Waals surface area contributed by atoms with Crippen molar-refractivity contribution in [1.82, 2.24) is 5.32 Å². The average Bonchev–Trinajstić information content (AvgIpc) is 3.05. The highest BCUT2D eigenvalue weighted by atomic mass is 79.9. The minimum absolute atomic E-state index is 0.190. The number of anilines is 1. The zero-order valence-corrected chi connectivity index (χ0v) is 28.3. The maximum Gasteiger partial charge on any atom is 0.335 e. The van der Waals surface area contributed by atoms with Crippen LogP contribution in [0.5, 0.6) is 23.0 Å². The van der Waals surface area contributed by atoms with E-state index in [1.165, 1.54) is 6.08 Å². The summed E-state index contributed by atoms with van der Waals surface area (Å²) in [4.78, 5) is 39.9. The van der Waals surface area contributed by atoms with Gasteiger partial charge in [0, 0.05) is 5.02 Å². The number of rotatable bonds is 12. The Kier molecular flexibility index (Phi) is 10.8. The largest absolute Gasteiger partial charge is 0.490 e. The number of halogens is 2. The molecule has 1 aliphatic heterocycles. The number of hydrogen-bond donors (Lipinski definition) is 1. The summed E-state index contributed by atoms with van der Waals surface area (Å²) in [5.74, 6) is 0.462. The van der Waals surface area contributed by atoms with Gasteiger partial charge in [-0.1, -0.05) is 54.1 Å². The fraction of sp³-hybridized carbons (Fsp3) is 0.194. The normalized spacial score (nSPS) is 13.9. The highest BCUT2D eigenvalue weighted by molar-refractivity contribution is 9.10. The van der Waals surface area contributed by atoms with Gasteiger partial charge in [-0.05, 0) is 101 Å². The van der Waals surface area contributed by atoms with Crippen LogP contribution in [0.2, 0.25) is 5.02 Å². The van der Waals surface area contributed by atoms with Gasteiger partial charge in [0.05, 0.1) is 23.4 Å². The molecule has 5 rings (SSSR count). The molecule has 1 heterocycles. The number of imide groups is 2. The van der Waals surface area contributed by atoms with Gasteiger partial charge in [0.1, 0.15) is 18.8 Å². The molecule has 1 N–H and O–H groups in total. The molecule has 0 unspecified atom stereocenters. The number of amides is 4. The van der Waals surface area contributed by atoms with Gasteiger partial charge in [-0.3, -0.25) is 14.9 Å². The minimum atomic E-state index is -0.856. The SMILES string of the molecule is CCOc1cc(COc2c(Br)cc(/C=C3/C(=O)NC(=O)N(c4cccc(Cl)c4C)C3=O)cc2OCC)ccc1OCc1ccccc1. The van der Waals surface area contributed by atoms with Crippen molar-refractivity contribution in [2.45, 2.75) is 34.0 Å². The summed E-state index contributed by atoms with van der Waals surface area (Å²) < 4.78 is 24.5. The smallest absolute Gasteiger partial charge is 0.335 e. The van der Waals surface area contributed by atoms with Crippen LogP contribution in [0.1, 0.15) is 36.1 Å². The molecule has 47 heavy (non-hydrogen) atoms. The van der Waals surface area contributed by atoms with Crippen molar-refractivity contribution < 1.29 is 33.3 Å². The van der Waals surface area contributed by atoms with E-state index in [4.69, 9.17) is 30.5 Å². The number of nitrogens with zero attached hydrogens (tertiary/aromatic N) is 1. The summed E-state index contributed by atoms with van der Waals surface area (Å²) in [6.45, 7) is 6.83. The number of benzene rings is 4. The Morgan fingerprint density at radius 2 is 1.51 bits per heavy atom. The lowest BCUT2D eigenvalue weighted by Gasteiger charge is -2.27. The van der Waals surface area contributed by atoms with Crippen LogP contribution in [0, 0.1) is 6.92 Å². The lowest BCUT2D eigenvalue weighted by Crippen LogP contribution is -2.54. The summed E-state index contributed by atoms with van der Waals surface area (Å²) in [5.41, 5.74) is 2.93. The zero-order chi connectivity index (χ0) is 33.5. The second kappa shape index (κ2) is 15.2. The van der Waals surface area contributed by atoms with Gasteiger partial charge in [-0.15, -0.1) is 0 Å². The standard InChI is InChI=1S/C36H32BrClN2O7/c1-4-44-31-18-24(14-15-30(31)46-20-23-10-7-6-8-11-23)21-47-33-27(37)17-25(19-32(33)45-5-2)16-26-34(41)39-36(43)40(35(26)42)29-13-9-12-28(38)22(29)3/h6-19H,4-5,20-21H2,1-3H3,(H,39,41,43)/b26-16-. The van der Waals surface area contributed by atoms with Crippen molar-refractivity contribution in [3.8, 4) is 23.0 Å². The van der Waals surface area contributed by atoms with Gasteiger partial charge in [-0.2, -0.15) is 0 Å². The van der Waals surface area contributed by atoms with Crippen LogP contribution in [0.4, 0.5) is 10.5 Å². The number of carbonyl (C=O) groups excluding carboxylic acids is 3. The third-order valence-corrected chi connectivity index (χ3v) is 8.15. The van der Waals surface area contributed by atoms with Crippen LogP contribution >= 0.6 is 27.5 Å². The maximum absolute atomic E-state index is 13.5. The molecular weight excluding hydrogens is 688 g/mol. The Morgan fingerprint density at radius 1 is 0.787 bits per heavy atom. The van der Waals surface area contributed by atoms with E-state index in [-0.39, 0.29) is 17.9 Å². The fourth-order valence-corrected chi connectivity index (χ4v) is 5.62. The second-order valence-electron chi connectivity index (χ2n) is 10.4. The first-order valence-electron chi connectivity index (χ1n) is 14.9. The molecule has 0 saturated carbocycles. The van der Waals surface area contributed by atoms with Crippen molar-refractivity contribution in [3.63, 3.8) is 0 Å². The van der Waals surface area contributed by atoms with Crippen LogP contribution in [0.25, 0.3) is 6.08 Å². The molecule has 1 fully saturated rings. The van der Waals surface area contributed by atoms with Gasteiger partial charge in [-0.25, -0.2) is 9.69 Å². The molecule has 11 heteroatoms. The highest BCUT2D eigenvalue weighted by Gasteiger charge is 2.37. The molecule has 0 bridgehead atoms. The van der Waals surface area contributed by atoms with Crippen LogP contribution in [-0.2, 0) is 22.8 Å². The molecule has 0 aromatic heterocycles. The second-order valence-corrected chi connectivity index (χ2v) is 11.6. The van der Waals surface area contributed by atoms with Crippen LogP contribution < -0.4 is 29.2 Å². The molecular formula is C36H32BrClN2O7. The third-order valence-electron chi connectivity index (χ3n) is 7.15. The minimum Gasteiger partial charge on any atom is -0.490 e. The Hall–Kier alpha value is -4.80. The van der Waals surface area contributed by atoms with Crippen molar-refractivity contribution in [1.29, 1.82) is 0 Å². The Bertz CT molecular complexity index is 1850. The van der Waals surface area contributed by atoms with E-state index in [0.717, 1.165) is 16.0 Å². The first-order valence-corrected chi connectivity index (χ1v) is 16.0. The predicted molar refractivity (Wildman–Crippen MR) is 183 cm³/mol. The Labute approximate surface area is 286 Å². The van der Waals surface area contributed by atoms with E-state index in [1.807, 2.05) is 62.4 Å². The lowest BCUT2D eigenvalue weighted by atomic mass is 10.1. The van der Waals surface area contributed by atoms with Gasteiger partial charge < -0.3 is 18.9 Å². The number of carbonyl (C=O) groups is 3.